The minimum Gasteiger partial charge on any atom is -0.375 e. The number of amides is 2. The van der Waals surface area contributed by atoms with Crippen LogP contribution >= 0.6 is 11.3 Å². The van der Waals surface area contributed by atoms with Crippen molar-refractivity contribution in [1.29, 1.82) is 0 Å². The van der Waals surface area contributed by atoms with Crippen molar-refractivity contribution in [3.63, 3.8) is 0 Å². The highest BCUT2D eigenvalue weighted by atomic mass is 32.1. The van der Waals surface area contributed by atoms with E-state index in [9.17, 15) is 9.59 Å². The summed E-state index contributed by atoms with van der Waals surface area (Å²) in [5.74, 6) is -0.553. The van der Waals surface area contributed by atoms with Crippen molar-refractivity contribution in [2.75, 3.05) is 24.4 Å². The van der Waals surface area contributed by atoms with Crippen LogP contribution in [-0.2, 0) is 9.53 Å². The number of nitrogens with one attached hydrogen (secondary N) is 2. The standard InChI is InChI=1S/C18H16N4O3S/c1-25-11-15(23)19-14-9-7-12(8-10-14)16(24)20-18-22-21-17(26-18)13-5-3-2-4-6-13/h2-10H,11H2,1H3,(H,19,23)(H,20,22,24). The summed E-state index contributed by atoms with van der Waals surface area (Å²) in [4.78, 5) is 23.8. The van der Waals surface area contributed by atoms with Crippen molar-refractivity contribution >= 4 is 34.0 Å². The largest absolute Gasteiger partial charge is 0.375 e. The molecule has 1 heterocycles. The molecule has 7 nitrogen and oxygen atoms in total. The molecule has 0 aliphatic heterocycles. The molecule has 1 aromatic heterocycles. The van der Waals surface area contributed by atoms with Gasteiger partial charge in [0.05, 0.1) is 0 Å². The molecule has 0 unspecified atom stereocenters. The van der Waals surface area contributed by atoms with Crippen LogP contribution in [0.15, 0.2) is 54.6 Å². The van der Waals surface area contributed by atoms with E-state index in [1.54, 1.807) is 24.3 Å². The van der Waals surface area contributed by atoms with Gasteiger partial charge in [0.1, 0.15) is 11.6 Å². The number of carbonyl (C=O) groups excluding carboxylic acids is 2. The molecule has 2 amide bonds. The smallest absolute Gasteiger partial charge is 0.257 e. The minimum atomic E-state index is -0.296. The van der Waals surface area contributed by atoms with Gasteiger partial charge in [0, 0.05) is 23.9 Å². The Kier molecular flexibility index (Phi) is 5.67. The lowest BCUT2D eigenvalue weighted by Gasteiger charge is -2.05. The third-order valence-corrected chi connectivity index (χ3v) is 4.26. The maximum absolute atomic E-state index is 12.3. The number of carbonyl (C=O) groups is 2. The summed E-state index contributed by atoms with van der Waals surface area (Å²) in [6.45, 7) is -0.0248. The van der Waals surface area contributed by atoms with Crippen LogP contribution in [0.4, 0.5) is 10.8 Å². The van der Waals surface area contributed by atoms with Gasteiger partial charge in [-0.25, -0.2) is 0 Å². The molecule has 26 heavy (non-hydrogen) atoms. The summed E-state index contributed by atoms with van der Waals surface area (Å²) in [5.41, 5.74) is 1.98. The Balaban J connectivity index is 1.63. The Morgan fingerprint density at radius 3 is 2.42 bits per heavy atom. The molecular weight excluding hydrogens is 352 g/mol. The van der Waals surface area contributed by atoms with Crippen molar-refractivity contribution in [3.8, 4) is 10.6 Å². The highest BCUT2D eigenvalue weighted by Crippen LogP contribution is 2.26. The third-order valence-electron chi connectivity index (χ3n) is 3.37. The van der Waals surface area contributed by atoms with Crippen LogP contribution in [0, 0.1) is 0 Å². The highest BCUT2D eigenvalue weighted by molar-refractivity contribution is 7.18. The van der Waals surface area contributed by atoms with Crippen LogP contribution in [-0.4, -0.2) is 35.7 Å². The summed E-state index contributed by atoms with van der Waals surface area (Å²) in [6, 6.07) is 16.2. The zero-order valence-electron chi connectivity index (χ0n) is 13.9. The maximum atomic E-state index is 12.3. The van der Waals surface area contributed by atoms with Gasteiger partial charge in [-0.2, -0.15) is 0 Å². The number of rotatable bonds is 6. The van der Waals surface area contributed by atoms with E-state index in [0.717, 1.165) is 10.6 Å². The van der Waals surface area contributed by atoms with Gasteiger partial charge >= 0.3 is 0 Å². The Morgan fingerprint density at radius 2 is 1.73 bits per heavy atom. The maximum Gasteiger partial charge on any atom is 0.257 e. The predicted octanol–water partition coefficient (Wildman–Crippen LogP) is 3.04. The molecule has 0 saturated carbocycles. The topological polar surface area (TPSA) is 93.2 Å². The molecule has 2 N–H and O–H groups in total. The lowest BCUT2D eigenvalue weighted by atomic mass is 10.2. The van der Waals surface area contributed by atoms with Crippen LogP contribution in [0.2, 0.25) is 0 Å². The molecule has 0 saturated heterocycles. The van der Waals surface area contributed by atoms with Gasteiger partial charge in [0.15, 0.2) is 0 Å². The average Bonchev–Trinajstić information content (AvgIpc) is 3.12. The fraction of sp³-hybridized carbons (Fsp3) is 0.111. The number of nitrogens with zero attached hydrogens (tertiary/aromatic N) is 2. The van der Waals surface area contributed by atoms with Gasteiger partial charge in [-0.15, -0.1) is 10.2 Å². The molecule has 0 bridgehead atoms. The first kappa shape index (κ1) is 17.7. The number of methoxy groups -OCH3 is 1. The van der Waals surface area contributed by atoms with E-state index in [-0.39, 0.29) is 18.4 Å². The van der Waals surface area contributed by atoms with E-state index in [1.165, 1.54) is 18.4 Å². The van der Waals surface area contributed by atoms with Crippen LogP contribution in [0.25, 0.3) is 10.6 Å². The van der Waals surface area contributed by atoms with Gasteiger partial charge in [0.2, 0.25) is 11.0 Å². The lowest BCUT2D eigenvalue weighted by Crippen LogP contribution is -2.17. The molecule has 3 aromatic rings. The van der Waals surface area contributed by atoms with E-state index >= 15 is 0 Å². The summed E-state index contributed by atoms with van der Waals surface area (Å²) in [7, 11) is 1.45. The monoisotopic (exact) mass is 368 g/mol. The van der Waals surface area contributed by atoms with Gasteiger partial charge in [-0.1, -0.05) is 41.7 Å². The molecule has 8 heteroatoms. The van der Waals surface area contributed by atoms with Crippen molar-refractivity contribution in [2.24, 2.45) is 0 Å². The first-order valence-corrected chi connectivity index (χ1v) is 8.56. The van der Waals surface area contributed by atoms with Crippen LogP contribution in [0.1, 0.15) is 10.4 Å². The summed E-state index contributed by atoms with van der Waals surface area (Å²) >= 11 is 1.30. The fourth-order valence-electron chi connectivity index (χ4n) is 2.17. The first-order chi connectivity index (χ1) is 12.7. The minimum absolute atomic E-state index is 0.0248. The number of anilines is 2. The van der Waals surface area contributed by atoms with Gasteiger partial charge in [0.25, 0.3) is 5.91 Å². The molecule has 0 atom stereocenters. The van der Waals surface area contributed by atoms with Gasteiger partial charge < -0.3 is 10.1 Å². The Morgan fingerprint density at radius 1 is 1.00 bits per heavy atom. The number of benzene rings is 2. The number of ether oxygens (including phenoxy) is 1. The normalized spacial score (nSPS) is 10.3. The first-order valence-electron chi connectivity index (χ1n) is 7.75. The van der Waals surface area contributed by atoms with Crippen molar-refractivity contribution in [1.82, 2.24) is 10.2 Å². The summed E-state index contributed by atoms with van der Waals surface area (Å²) < 4.78 is 4.75. The van der Waals surface area contributed by atoms with Crippen molar-refractivity contribution < 1.29 is 14.3 Å². The quantitative estimate of drug-likeness (QED) is 0.697. The van der Waals surface area contributed by atoms with E-state index in [0.29, 0.717) is 16.4 Å². The molecule has 0 spiro atoms. The SMILES string of the molecule is COCC(=O)Nc1ccc(C(=O)Nc2nnc(-c3ccccc3)s2)cc1. The Hall–Kier alpha value is -3.10. The molecule has 3 rings (SSSR count). The molecule has 0 aliphatic carbocycles. The second-order valence-corrected chi connectivity index (χ2v) is 6.27. The number of aromatic nitrogens is 2. The predicted molar refractivity (Wildman–Crippen MR) is 100 cm³/mol. The van der Waals surface area contributed by atoms with E-state index < -0.39 is 0 Å². The summed E-state index contributed by atoms with van der Waals surface area (Å²) in [5, 5.41) is 14.6. The molecule has 2 aromatic carbocycles. The molecular formula is C18H16N4O3S. The second kappa shape index (κ2) is 8.32. The fourth-order valence-corrected chi connectivity index (χ4v) is 2.92. The van der Waals surface area contributed by atoms with E-state index in [2.05, 4.69) is 20.8 Å². The highest BCUT2D eigenvalue weighted by Gasteiger charge is 2.11. The van der Waals surface area contributed by atoms with Crippen LogP contribution in [0.5, 0.6) is 0 Å². The van der Waals surface area contributed by atoms with Gasteiger partial charge in [-0.05, 0) is 24.3 Å². The average molecular weight is 368 g/mol. The molecule has 0 aliphatic rings. The molecule has 0 radical (unpaired) electrons. The lowest BCUT2D eigenvalue weighted by molar-refractivity contribution is -0.119. The summed E-state index contributed by atoms with van der Waals surface area (Å²) in [6.07, 6.45) is 0. The number of hydrogen-bond acceptors (Lipinski definition) is 6. The molecule has 132 valence electrons. The zero-order chi connectivity index (χ0) is 18.4. The third kappa shape index (κ3) is 4.50. The van der Waals surface area contributed by atoms with Gasteiger partial charge in [-0.3, -0.25) is 14.9 Å². The van der Waals surface area contributed by atoms with E-state index in [4.69, 9.17) is 4.74 Å². The number of hydrogen-bond donors (Lipinski definition) is 2. The van der Waals surface area contributed by atoms with Crippen molar-refractivity contribution in [2.45, 2.75) is 0 Å². The Labute approximate surface area is 154 Å². The van der Waals surface area contributed by atoms with Crippen LogP contribution in [0.3, 0.4) is 0 Å². The Bertz CT molecular complexity index is 894. The van der Waals surface area contributed by atoms with E-state index in [1.807, 2.05) is 30.3 Å². The molecule has 0 fully saturated rings. The second-order valence-electron chi connectivity index (χ2n) is 5.29. The van der Waals surface area contributed by atoms with Crippen molar-refractivity contribution in [3.05, 3.63) is 60.2 Å². The zero-order valence-corrected chi connectivity index (χ0v) is 14.7. The van der Waals surface area contributed by atoms with Crippen LogP contribution < -0.4 is 10.6 Å².